The molecule has 1 aliphatic heterocycles. The molecule has 1 amide bonds. The van der Waals surface area contributed by atoms with Crippen molar-refractivity contribution < 1.29 is 19.4 Å². The first-order valence-electron chi connectivity index (χ1n) is 6.61. The summed E-state index contributed by atoms with van der Waals surface area (Å²) in [7, 11) is 0. The minimum absolute atomic E-state index is 0.112. The van der Waals surface area contributed by atoms with Crippen LogP contribution >= 0.6 is 23.2 Å². The first-order chi connectivity index (χ1) is 9.99. The van der Waals surface area contributed by atoms with Crippen LogP contribution in [0.3, 0.4) is 0 Å². The van der Waals surface area contributed by atoms with Gasteiger partial charge in [0.1, 0.15) is 5.75 Å². The number of carbonyl (C=O) groups excluding carboxylic acids is 1. The number of nitrogens with zero attached hydrogens (tertiary/aromatic N) is 1. The predicted molar refractivity (Wildman–Crippen MR) is 80.0 cm³/mol. The van der Waals surface area contributed by atoms with Gasteiger partial charge in [0.2, 0.25) is 0 Å². The molecule has 2 rings (SSSR count). The molecule has 7 heteroatoms. The number of benzene rings is 1. The summed E-state index contributed by atoms with van der Waals surface area (Å²) >= 11 is 11.8. The van der Waals surface area contributed by atoms with E-state index >= 15 is 0 Å². The Balaban J connectivity index is 1.92. The molecule has 5 nitrogen and oxygen atoms in total. The average molecular weight is 334 g/mol. The van der Waals surface area contributed by atoms with Crippen molar-refractivity contribution in [3.05, 3.63) is 28.2 Å². The third-order valence-electron chi connectivity index (χ3n) is 3.13. The lowest BCUT2D eigenvalue weighted by Gasteiger charge is -2.36. The van der Waals surface area contributed by atoms with Crippen molar-refractivity contribution in [2.45, 2.75) is 19.1 Å². The highest BCUT2D eigenvalue weighted by Crippen LogP contribution is 2.27. The molecule has 1 heterocycles. The average Bonchev–Trinajstić information content (AvgIpc) is 2.45. The molecule has 1 N–H and O–H groups in total. The molecule has 2 atom stereocenters. The number of hydrogen-bond donors (Lipinski definition) is 1. The van der Waals surface area contributed by atoms with Crippen LogP contribution in [0.25, 0.3) is 0 Å². The zero-order chi connectivity index (χ0) is 15.4. The molecule has 1 aromatic carbocycles. The third-order valence-corrected chi connectivity index (χ3v) is 3.66. The molecule has 0 spiro atoms. The van der Waals surface area contributed by atoms with Gasteiger partial charge in [0.25, 0.3) is 5.91 Å². The minimum atomic E-state index is -0.350. The second-order valence-electron chi connectivity index (χ2n) is 4.91. The Morgan fingerprint density at radius 3 is 2.90 bits per heavy atom. The summed E-state index contributed by atoms with van der Waals surface area (Å²) in [6.07, 6.45) is -0.462. The van der Waals surface area contributed by atoms with Crippen molar-refractivity contribution in [2.24, 2.45) is 0 Å². The number of hydrogen-bond acceptors (Lipinski definition) is 4. The topological polar surface area (TPSA) is 59.0 Å². The number of aliphatic hydroxyl groups excluding tert-OH is 1. The molecule has 1 saturated heterocycles. The maximum Gasteiger partial charge on any atom is 0.260 e. The van der Waals surface area contributed by atoms with E-state index in [0.29, 0.717) is 28.9 Å². The largest absolute Gasteiger partial charge is 0.482 e. The molecule has 0 saturated carbocycles. The molecule has 1 aromatic rings. The Morgan fingerprint density at radius 2 is 2.24 bits per heavy atom. The van der Waals surface area contributed by atoms with E-state index in [0.717, 1.165) is 0 Å². The summed E-state index contributed by atoms with van der Waals surface area (Å²) in [5.74, 6) is 0.240. The Hall–Kier alpha value is -1.01. The summed E-state index contributed by atoms with van der Waals surface area (Å²) < 4.78 is 10.9. The molecule has 1 aliphatic rings. The number of aliphatic hydroxyl groups is 1. The standard InChI is InChI=1S/C14H17Cl2NO4/c1-9-5-17(6-11(7-18)21-9)14(19)8-20-13-3-2-10(15)4-12(13)16/h2-4,9,11,18H,5-8H2,1H3. The fraction of sp³-hybridized carbons (Fsp3) is 0.500. The lowest BCUT2D eigenvalue weighted by atomic mass is 10.2. The summed E-state index contributed by atoms with van der Waals surface area (Å²) in [6, 6.07) is 4.82. The number of ether oxygens (including phenoxy) is 2. The van der Waals surface area contributed by atoms with Crippen molar-refractivity contribution in [1.82, 2.24) is 4.90 Å². The highest BCUT2D eigenvalue weighted by Gasteiger charge is 2.28. The number of morpholine rings is 1. The Labute approximate surface area is 133 Å². The second kappa shape index (κ2) is 7.31. The van der Waals surface area contributed by atoms with Crippen molar-refractivity contribution in [3.8, 4) is 5.75 Å². The van der Waals surface area contributed by atoms with Gasteiger partial charge in [0.05, 0.1) is 23.8 Å². The summed E-state index contributed by atoms with van der Waals surface area (Å²) in [4.78, 5) is 13.8. The lowest BCUT2D eigenvalue weighted by Crippen LogP contribution is -2.51. The van der Waals surface area contributed by atoms with Gasteiger partial charge in [-0.1, -0.05) is 23.2 Å². The van der Waals surface area contributed by atoms with Crippen molar-refractivity contribution in [2.75, 3.05) is 26.3 Å². The maximum absolute atomic E-state index is 12.2. The molecular weight excluding hydrogens is 317 g/mol. The minimum Gasteiger partial charge on any atom is -0.482 e. The first kappa shape index (κ1) is 16.4. The van der Waals surface area contributed by atoms with Gasteiger partial charge in [0.15, 0.2) is 6.61 Å². The Bertz CT molecular complexity index is 512. The van der Waals surface area contributed by atoms with Crippen molar-refractivity contribution in [1.29, 1.82) is 0 Å². The Morgan fingerprint density at radius 1 is 1.48 bits per heavy atom. The predicted octanol–water partition coefficient (Wildman–Crippen LogP) is 1.98. The van der Waals surface area contributed by atoms with Gasteiger partial charge in [-0.2, -0.15) is 0 Å². The van der Waals surface area contributed by atoms with E-state index in [9.17, 15) is 4.79 Å². The number of halogens is 2. The monoisotopic (exact) mass is 333 g/mol. The fourth-order valence-corrected chi connectivity index (χ4v) is 2.64. The van der Waals surface area contributed by atoms with Crippen LogP contribution in [0.2, 0.25) is 10.0 Å². The summed E-state index contributed by atoms with van der Waals surface area (Å²) in [5.41, 5.74) is 0. The first-order valence-corrected chi connectivity index (χ1v) is 7.37. The van der Waals surface area contributed by atoms with Crippen LogP contribution in [0.15, 0.2) is 18.2 Å². The van der Waals surface area contributed by atoms with Crippen LogP contribution in [0, 0.1) is 0 Å². The molecule has 0 radical (unpaired) electrons. The van der Waals surface area contributed by atoms with Gasteiger partial charge in [-0.15, -0.1) is 0 Å². The smallest absolute Gasteiger partial charge is 0.260 e. The highest BCUT2D eigenvalue weighted by atomic mass is 35.5. The molecule has 0 bridgehead atoms. The lowest BCUT2D eigenvalue weighted by molar-refractivity contribution is -0.149. The zero-order valence-electron chi connectivity index (χ0n) is 11.6. The molecule has 0 aromatic heterocycles. The van der Waals surface area contributed by atoms with Crippen LogP contribution in [0.5, 0.6) is 5.75 Å². The van der Waals surface area contributed by atoms with Crippen molar-refractivity contribution >= 4 is 29.1 Å². The number of amides is 1. The molecule has 0 aliphatic carbocycles. The van der Waals surface area contributed by atoms with E-state index in [-0.39, 0.29) is 31.3 Å². The van der Waals surface area contributed by atoms with E-state index in [4.69, 9.17) is 37.8 Å². The van der Waals surface area contributed by atoms with Crippen LogP contribution in [-0.2, 0) is 9.53 Å². The van der Waals surface area contributed by atoms with Crippen LogP contribution in [0.1, 0.15) is 6.92 Å². The van der Waals surface area contributed by atoms with Gasteiger partial charge in [0, 0.05) is 18.1 Å². The summed E-state index contributed by atoms with van der Waals surface area (Å²) in [5, 5.41) is 10.0. The van der Waals surface area contributed by atoms with Crippen LogP contribution in [0.4, 0.5) is 0 Å². The van der Waals surface area contributed by atoms with E-state index in [1.165, 1.54) is 0 Å². The Kier molecular flexibility index (Phi) is 5.70. The zero-order valence-corrected chi connectivity index (χ0v) is 13.1. The molecule has 2 unspecified atom stereocenters. The van der Waals surface area contributed by atoms with Gasteiger partial charge in [-0.25, -0.2) is 0 Å². The van der Waals surface area contributed by atoms with Crippen LogP contribution in [-0.4, -0.2) is 54.4 Å². The summed E-state index contributed by atoms with van der Waals surface area (Å²) in [6.45, 7) is 2.47. The molecule has 21 heavy (non-hydrogen) atoms. The van der Waals surface area contributed by atoms with Gasteiger partial charge >= 0.3 is 0 Å². The fourth-order valence-electron chi connectivity index (χ4n) is 2.17. The number of carbonyl (C=O) groups is 1. The van der Waals surface area contributed by atoms with E-state index in [1.54, 1.807) is 23.1 Å². The molecule has 1 fully saturated rings. The SMILES string of the molecule is CC1CN(C(=O)COc2ccc(Cl)cc2Cl)CC(CO)O1. The number of rotatable bonds is 4. The van der Waals surface area contributed by atoms with E-state index in [2.05, 4.69) is 0 Å². The van der Waals surface area contributed by atoms with Gasteiger partial charge in [-0.05, 0) is 25.1 Å². The van der Waals surface area contributed by atoms with E-state index in [1.807, 2.05) is 6.92 Å². The van der Waals surface area contributed by atoms with E-state index < -0.39 is 0 Å². The second-order valence-corrected chi connectivity index (χ2v) is 5.76. The van der Waals surface area contributed by atoms with Gasteiger partial charge < -0.3 is 19.5 Å². The highest BCUT2D eigenvalue weighted by molar-refractivity contribution is 6.35. The normalized spacial score (nSPS) is 22.2. The quantitative estimate of drug-likeness (QED) is 0.915. The van der Waals surface area contributed by atoms with Crippen LogP contribution < -0.4 is 4.74 Å². The van der Waals surface area contributed by atoms with Gasteiger partial charge in [-0.3, -0.25) is 4.79 Å². The molecular formula is C14H17Cl2NO4. The maximum atomic E-state index is 12.2. The third kappa shape index (κ3) is 4.48. The van der Waals surface area contributed by atoms with Crippen molar-refractivity contribution in [3.63, 3.8) is 0 Å². The molecule has 116 valence electrons.